The zero-order valence-corrected chi connectivity index (χ0v) is 19.6. The van der Waals surface area contributed by atoms with Crippen LogP contribution in [0.25, 0.3) is 11.1 Å². The molecule has 4 aromatic rings. The van der Waals surface area contributed by atoms with Crippen LogP contribution in [0.4, 0.5) is 0 Å². The predicted molar refractivity (Wildman–Crippen MR) is 131 cm³/mol. The summed E-state index contributed by atoms with van der Waals surface area (Å²) in [6, 6.07) is 18.7. The molecule has 34 heavy (non-hydrogen) atoms. The van der Waals surface area contributed by atoms with Gasteiger partial charge < -0.3 is 24.7 Å². The molecule has 1 unspecified atom stereocenters. The number of quaternary nitrogens is 1. The molecule has 0 aliphatic heterocycles. The van der Waals surface area contributed by atoms with Gasteiger partial charge >= 0.3 is 0 Å². The summed E-state index contributed by atoms with van der Waals surface area (Å²) < 4.78 is 7.55. The number of aromatic nitrogens is 1. The first-order chi connectivity index (χ1) is 16.5. The lowest BCUT2D eigenvalue weighted by molar-refractivity contribution is -0.674. The van der Waals surface area contributed by atoms with Crippen LogP contribution in [-0.4, -0.2) is 28.7 Å². The molecular weight excluding hydrogens is 454 g/mol. The number of hydrogen-bond donors (Lipinski definition) is 3. The van der Waals surface area contributed by atoms with Gasteiger partial charge in [-0.1, -0.05) is 54.1 Å². The first-order valence-corrected chi connectivity index (χ1v) is 11.5. The standard InChI is InChI=1S/C26H26ClN3O4/c1-30-15-23(25(33)29-12-17-7-9-20(27)10-8-17)24(32)22-11-21(34-26(22)30)14-28-13-19(16-31)18-5-3-2-4-6-18/h2-11,15,19,28,31H,12-14,16H2,1H3,(H,29,33)/p+1. The van der Waals surface area contributed by atoms with Crippen molar-refractivity contribution in [1.29, 1.82) is 0 Å². The number of aliphatic hydroxyl groups excluding tert-OH is 1. The van der Waals surface area contributed by atoms with Crippen molar-refractivity contribution in [1.82, 2.24) is 9.88 Å². The summed E-state index contributed by atoms with van der Waals surface area (Å²) in [5.41, 5.74) is 2.07. The Morgan fingerprint density at radius 2 is 1.91 bits per heavy atom. The number of fused-ring (bicyclic) bond motifs is 1. The monoisotopic (exact) mass is 480 g/mol. The molecule has 4 rings (SSSR count). The van der Waals surface area contributed by atoms with Crippen molar-refractivity contribution in [3.8, 4) is 0 Å². The maximum Gasteiger partial charge on any atom is 0.257 e. The van der Waals surface area contributed by atoms with Gasteiger partial charge in [-0.25, -0.2) is 0 Å². The highest BCUT2D eigenvalue weighted by Crippen LogP contribution is 2.17. The van der Waals surface area contributed by atoms with Crippen LogP contribution in [0.2, 0.25) is 5.02 Å². The summed E-state index contributed by atoms with van der Waals surface area (Å²) >= 11 is 5.89. The molecule has 0 fully saturated rings. The second-order valence-corrected chi connectivity index (χ2v) is 8.68. The molecule has 2 aromatic heterocycles. The van der Waals surface area contributed by atoms with Crippen LogP contribution in [0.1, 0.15) is 33.2 Å². The minimum absolute atomic E-state index is 0.00713. The number of nitrogens with zero attached hydrogens (tertiary/aromatic N) is 1. The van der Waals surface area contributed by atoms with Gasteiger partial charge in [0.15, 0.2) is 5.76 Å². The average molecular weight is 481 g/mol. The zero-order valence-electron chi connectivity index (χ0n) is 18.8. The molecule has 0 aliphatic carbocycles. The summed E-state index contributed by atoms with van der Waals surface area (Å²) in [4.78, 5) is 25.7. The lowest BCUT2D eigenvalue weighted by atomic mass is 10.0. The van der Waals surface area contributed by atoms with Crippen LogP contribution in [-0.2, 0) is 20.1 Å². The number of furan rings is 1. The van der Waals surface area contributed by atoms with Gasteiger partial charge in [0.25, 0.3) is 5.91 Å². The molecular formula is C26H27ClN3O4+. The van der Waals surface area contributed by atoms with Crippen molar-refractivity contribution in [3.63, 3.8) is 0 Å². The van der Waals surface area contributed by atoms with E-state index in [1.807, 2.05) is 47.8 Å². The van der Waals surface area contributed by atoms with Crippen LogP contribution >= 0.6 is 11.6 Å². The van der Waals surface area contributed by atoms with E-state index in [0.717, 1.165) is 11.1 Å². The van der Waals surface area contributed by atoms with Crippen molar-refractivity contribution in [2.24, 2.45) is 7.05 Å². The second-order valence-electron chi connectivity index (χ2n) is 8.24. The number of nitrogens with two attached hydrogens (primary N) is 1. The smallest absolute Gasteiger partial charge is 0.257 e. The van der Waals surface area contributed by atoms with Gasteiger partial charge in [-0.15, -0.1) is 0 Å². The Morgan fingerprint density at radius 1 is 1.18 bits per heavy atom. The quantitative estimate of drug-likeness (QED) is 0.342. The molecule has 2 heterocycles. The van der Waals surface area contributed by atoms with Crippen LogP contribution in [0, 0.1) is 0 Å². The Balaban J connectivity index is 1.45. The topological polar surface area (TPSA) is 101 Å². The first kappa shape index (κ1) is 23.8. The van der Waals surface area contributed by atoms with Gasteiger partial charge in [0.05, 0.1) is 24.5 Å². The zero-order chi connectivity index (χ0) is 24.1. The molecule has 0 saturated heterocycles. The van der Waals surface area contributed by atoms with E-state index < -0.39 is 5.91 Å². The Kier molecular flexibility index (Phi) is 7.47. The minimum atomic E-state index is -0.444. The average Bonchev–Trinajstić information content (AvgIpc) is 3.29. The van der Waals surface area contributed by atoms with Crippen molar-refractivity contribution in [2.45, 2.75) is 19.0 Å². The number of amides is 1. The second kappa shape index (κ2) is 10.7. The summed E-state index contributed by atoms with van der Waals surface area (Å²) in [6.07, 6.45) is 1.50. The van der Waals surface area contributed by atoms with Gasteiger partial charge in [0.1, 0.15) is 12.1 Å². The molecule has 0 saturated carbocycles. The molecule has 1 amide bonds. The van der Waals surface area contributed by atoms with Gasteiger partial charge in [0, 0.05) is 24.8 Å². The SMILES string of the molecule is Cn1cc(C(=O)NCc2ccc(Cl)cc2)c(=O)c2cc(C[NH2+]CC(CO)c3ccccc3)oc21. The molecule has 4 N–H and O–H groups in total. The van der Waals surface area contributed by atoms with E-state index in [2.05, 4.69) is 5.32 Å². The van der Waals surface area contributed by atoms with Gasteiger partial charge in [-0.05, 0) is 29.3 Å². The number of carbonyl (C=O) groups excluding carboxylic acids is 1. The number of pyridine rings is 1. The number of rotatable bonds is 9. The fourth-order valence-electron chi connectivity index (χ4n) is 3.92. The fourth-order valence-corrected chi connectivity index (χ4v) is 4.05. The Bertz CT molecular complexity index is 1330. The normalized spacial score (nSPS) is 12.1. The Labute approximate surface area is 202 Å². The fraction of sp³-hybridized carbons (Fsp3) is 0.231. The number of halogens is 1. The molecule has 0 bridgehead atoms. The van der Waals surface area contributed by atoms with E-state index in [1.54, 1.807) is 29.8 Å². The summed E-state index contributed by atoms with van der Waals surface area (Å²) in [5, 5.41) is 15.6. The van der Waals surface area contributed by atoms with Crippen molar-refractivity contribution < 1.29 is 19.6 Å². The van der Waals surface area contributed by atoms with Crippen LogP contribution in [0.3, 0.4) is 0 Å². The first-order valence-electron chi connectivity index (χ1n) is 11.1. The maximum absolute atomic E-state index is 13.0. The van der Waals surface area contributed by atoms with Crippen LogP contribution in [0.15, 0.2) is 76.1 Å². The number of aliphatic hydroxyl groups is 1. The summed E-state index contributed by atoms with van der Waals surface area (Å²) in [6.45, 7) is 1.52. The van der Waals surface area contributed by atoms with Crippen LogP contribution < -0.4 is 16.1 Å². The molecule has 0 aliphatic rings. The number of benzene rings is 2. The third-order valence-electron chi connectivity index (χ3n) is 5.79. The molecule has 1 atom stereocenters. The van der Waals surface area contributed by atoms with E-state index in [4.69, 9.17) is 16.0 Å². The van der Waals surface area contributed by atoms with Gasteiger partial charge in [0.2, 0.25) is 11.1 Å². The van der Waals surface area contributed by atoms with Crippen molar-refractivity contribution in [2.75, 3.05) is 13.2 Å². The summed E-state index contributed by atoms with van der Waals surface area (Å²) in [5.74, 6) is 0.194. The van der Waals surface area contributed by atoms with Crippen molar-refractivity contribution in [3.05, 3.63) is 105 Å². The minimum Gasteiger partial charge on any atom is -0.438 e. The largest absolute Gasteiger partial charge is 0.438 e. The van der Waals surface area contributed by atoms with E-state index in [-0.39, 0.29) is 30.1 Å². The number of carbonyl (C=O) groups is 1. The highest BCUT2D eigenvalue weighted by atomic mass is 35.5. The molecule has 0 spiro atoms. The highest BCUT2D eigenvalue weighted by molar-refractivity contribution is 6.30. The molecule has 7 nitrogen and oxygen atoms in total. The number of aryl methyl sites for hydroxylation is 1. The van der Waals surface area contributed by atoms with Gasteiger partial charge in [-0.2, -0.15) is 0 Å². The summed E-state index contributed by atoms with van der Waals surface area (Å²) in [7, 11) is 1.74. The molecule has 8 heteroatoms. The number of hydrogen-bond acceptors (Lipinski definition) is 4. The third kappa shape index (κ3) is 5.39. The Morgan fingerprint density at radius 3 is 2.62 bits per heavy atom. The predicted octanol–water partition coefficient (Wildman–Crippen LogP) is 2.55. The molecule has 2 aromatic carbocycles. The lowest BCUT2D eigenvalue weighted by Gasteiger charge is -2.12. The highest BCUT2D eigenvalue weighted by Gasteiger charge is 2.19. The van der Waals surface area contributed by atoms with Crippen LogP contribution in [0.5, 0.6) is 0 Å². The van der Waals surface area contributed by atoms with E-state index >= 15 is 0 Å². The maximum atomic E-state index is 13.0. The molecule has 176 valence electrons. The van der Waals surface area contributed by atoms with E-state index in [0.29, 0.717) is 35.0 Å². The van der Waals surface area contributed by atoms with Crippen molar-refractivity contribution >= 4 is 28.6 Å². The lowest BCUT2D eigenvalue weighted by Crippen LogP contribution is -2.83. The molecule has 0 radical (unpaired) electrons. The number of nitrogens with one attached hydrogen (secondary N) is 1. The van der Waals surface area contributed by atoms with Gasteiger partial charge in [-0.3, -0.25) is 9.59 Å². The van der Waals surface area contributed by atoms with E-state index in [9.17, 15) is 14.7 Å². The Hall–Kier alpha value is -3.39. The third-order valence-corrected chi connectivity index (χ3v) is 6.05. The van der Waals surface area contributed by atoms with E-state index in [1.165, 1.54) is 6.20 Å².